The summed E-state index contributed by atoms with van der Waals surface area (Å²) in [6.45, 7) is 3.20. The van der Waals surface area contributed by atoms with E-state index in [4.69, 9.17) is 0 Å². The van der Waals surface area contributed by atoms with Gasteiger partial charge in [-0.1, -0.05) is 11.6 Å². The van der Waals surface area contributed by atoms with Crippen molar-refractivity contribution in [1.29, 1.82) is 0 Å². The van der Waals surface area contributed by atoms with Crippen LogP contribution >= 0.6 is 0 Å². The Morgan fingerprint density at radius 1 is 1.00 bits per heavy atom. The van der Waals surface area contributed by atoms with Gasteiger partial charge in [0, 0.05) is 31.0 Å². The number of anilines is 4. The summed E-state index contributed by atoms with van der Waals surface area (Å²) >= 11 is 0. The SMILES string of the molecule is C1=C(CCNc2cnnc(Nc3ccc(N4CCCC4)cc3)n2)CCCC1. The Hall–Kier alpha value is -2.63. The first-order valence-corrected chi connectivity index (χ1v) is 10.1. The third kappa shape index (κ3) is 4.96. The normalized spacial score (nSPS) is 16.9. The van der Waals surface area contributed by atoms with Gasteiger partial charge in [0.1, 0.15) is 0 Å². The molecule has 0 atom stereocenters. The lowest BCUT2D eigenvalue weighted by Crippen LogP contribution is -2.17. The largest absolute Gasteiger partial charge is 0.372 e. The Morgan fingerprint density at radius 2 is 1.85 bits per heavy atom. The van der Waals surface area contributed by atoms with Crippen LogP contribution in [0.5, 0.6) is 0 Å². The number of allylic oxidation sites excluding steroid dienone is 1. The van der Waals surface area contributed by atoms with E-state index in [1.54, 1.807) is 11.8 Å². The van der Waals surface area contributed by atoms with Crippen molar-refractivity contribution in [2.45, 2.75) is 44.9 Å². The highest BCUT2D eigenvalue weighted by molar-refractivity contribution is 5.59. The van der Waals surface area contributed by atoms with E-state index in [9.17, 15) is 0 Å². The minimum Gasteiger partial charge on any atom is -0.372 e. The quantitative estimate of drug-likeness (QED) is 0.704. The van der Waals surface area contributed by atoms with Crippen LogP contribution in [0.1, 0.15) is 44.9 Å². The Balaban J connectivity index is 1.31. The van der Waals surface area contributed by atoms with E-state index in [0.717, 1.165) is 37.6 Å². The summed E-state index contributed by atoms with van der Waals surface area (Å²) in [5.41, 5.74) is 3.82. The second kappa shape index (κ2) is 8.84. The van der Waals surface area contributed by atoms with Crippen molar-refractivity contribution in [3.63, 3.8) is 0 Å². The molecule has 0 saturated carbocycles. The molecule has 2 aromatic rings. The molecular formula is C21H28N6. The van der Waals surface area contributed by atoms with Crippen molar-refractivity contribution >= 4 is 23.1 Å². The molecule has 0 bridgehead atoms. The van der Waals surface area contributed by atoms with E-state index in [-0.39, 0.29) is 0 Å². The first-order chi connectivity index (χ1) is 13.4. The van der Waals surface area contributed by atoms with Crippen LogP contribution in [0, 0.1) is 0 Å². The lowest BCUT2D eigenvalue weighted by atomic mass is 9.97. The maximum Gasteiger partial charge on any atom is 0.249 e. The molecule has 1 aromatic carbocycles. The minimum atomic E-state index is 0.519. The zero-order valence-electron chi connectivity index (χ0n) is 15.8. The first-order valence-electron chi connectivity index (χ1n) is 10.1. The van der Waals surface area contributed by atoms with Gasteiger partial charge in [0.15, 0.2) is 5.82 Å². The van der Waals surface area contributed by atoms with Crippen LogP contribution in [-0.4, -0.2) is 34.8 Å². The maximum absolute atomic E-state index is 4.52. The molecule has 27 heavy (non-hydrogen) atoms. The molecule has 0 radical (unpaired) electrons. The van der Waals surface area contributed by atoms with Crippen molar-refractivity contribution in [2.24, 2.45) is 0 Å². The molecular weight excluding hydrogens is 336 g/mol. The molecule has 4 rings (SSSR count). The van der Waals surface area contributed by atoms with Crippen LogP contribution in [0.2, 0.25) is 0 Å². The molecule has 0 spiro atoms. The monoisotopic (exact) mass is 364 g/mol. The van der Waals surface area contributed by atoms with Gasteiger partial charge in [-0.05, 0) is 69.2 Å². The molecule has 1 aliphatic carbocycles. The second-order valence-electron chi connectivity index (χ2n) is 7.32. The first kappa shape index (κ1) is 17.8. The summed E-state index contributed by atoms with van der Waals surface area (Å²) in [6, 6.07) is 8.46. The van der Waals surface area contributed by atoms with Crippen LogP contribution in [0.4, 0.5) is 23.1 Å². The van der Waals surface area contributed by atoms with Crippen LogP contribution < -0.4 is 15.5 Å². The van der Waals surface area contributed by atoms with Crippen molar-refractivity contribution in [1.82, 2.24) is 15.2 Å². The zero-order valence-corrected chi connectivity index (χ0v) is 15.8. The Bertz CT molecular complexity index is 764. The molecule has 0 unspecified atom stereocenters. The Labute approximate surface area is 161 Å². The van der Waals surface area contributed by atoms with Crippen LogP contribution in [0.15, 0.2) is 42.1 Å². The summed E-state index contributed by atoms with van der Waals surface area (Å²) in [6.07, 6.45) is 12.8. The number of rotatable bonds is 7. The van der Waals surface area contributed by atoms with Gasteiger partial charge in [0.2, 0.25) is 5.95 Å². The van der Waals surface area contributed by atoms with Crippen molar-refractivity contribution < 1.29 is 0 Å². The predicted molar refractivity (Wildman–Crippen MR) is 111 cm³/mol. The maximum atomic E-state index is 4.52. The number of hydrogen-bond acceptors (Lipinski definition) is 6. The van der Waals surface area contributed by atoms with Crippen molar-refractivity contribution in [2.75, 3.05) is 35.2 Å². The van der Waals surface area contributed by atoms with Crippen LogP contribution in [-0.2, 0) is 0 Å². The van der Waals surface area contributed by atoms with Crippen LogP contribution in [0.25, 0.3) is 0 Å². The van der Waals surface area contributed by atoms with Gasteiger partial charge >= 0.3 is 0 Å². The molecule has 2 heterocycles. The van der Waals surface area contributed by atoms with E-state index in [1.165, 1.54) is 44.2 Å². The molecule has 1 fully saturated rings. The van der Waals surface area contributed by atoms with Crippen molar-refractivity contribution in [3.05, 3.63) is 42.1 Å². The Morgan fingerprint density at radius 3 is 2.63 bits per heavy atom. The number of nitrogens with one attached hydrogen (secondary N) is 2. The van der Waals surface area contributed by atoms with Crippen LogP contribution in [0.3, 0.4) is 0 Å². The molecule has 2 aliphatic rings. The molecule has 1 saturated heterocycles. The molecule has 2 N–H and O–H groups in total. The van der Waals surface area contributed by atoms with E-state index < -0.39 is 0 Å². The number of nitrogens with zero attached hydrogens (tertiary/aromatic N) is 4. The summed E-state index contributed by atoms with van der Waals surface area (Å²) in [7, 11) is 0. The van der Waals surface area contributed by atoms with Gasteiger partial charge in [-0.2, -0.15) is 10.1 Å². The number of benzene rings is 1. The average Bonchev–Trinajstić information content (AvgIpc) is 3.25. The highest BCUT2D eigenvalue weighted by Crippen LogP contribution is 2.23. The third-order valence-corrected chi connectivity index (χ3v) is 5.29. The minimum absolute atomic E-state index is 0.519. The van der Waals surface area contributed by atoms with Gasteiger partial charge in [0.25, 0.3) is 0 Å². The smallest absolute Gasteiger partial charge is 0.249 e. The molecule has 1 aliphatic heterocycles. The van der Waals surface area contributed by atoms with Crippen molar-refractivity contribution in [3.8, 4) is 0 Å². The summed E-state index contributed by atoms with van der Waals surface area (Å²) in [4.78, 5) is 6.95. The summed E-state index contributed by atoms with van der Waals surface area (Å²) in [5.74, 6) is 1.28. The molecule has 6 nitrogen and oxygen atoms in total. The lowest BCUT2D eigenvalue weighted by molar-refractivity contribution is 0.679. The summed E-state index contributed by atoms with van der Waals surface area (Å²) in [5, 5.41) is 14.8. The van der Waals surface area contributed by atoms with E-state index in [1.807, 2.05) is 0 Å². The second-order valence-corrected chi connectivity index (χ2v) is 7.32. The molecule has 1 aromatic heterocycles. The number of aromatic nitrogens is 3. The van der Waals surface area contributed by atoms with E-state index in [0.29, 0.717) is 5.95 Å². The standard InChI is InChI=1S/C21H28N6/c1-2-6-17(7-3-1)12-13-22-20-16-23-26-21(25-20)24-18-8-10-19(11-9-18)27-14-4-5-15-27/h6,8-11,16H,1-5,7,12-15H2,(H2,22,24,25,26). The topological polar surface area (TPSA) is 66.0 Å². The van der Waals surface area contributed by atoms with Gasteiger partial charge in [-0.15, -0.1) is 5.10 Å². The molecule has 0 amide bonds. The highest BCUT2D eigenvalue weighted by atomic mass is 15.3. The Kier molecular flexibility index (Phi) is 5.82. The van der Waals surface area contributed by atoms with Gasteiger partial charge in [-0.25, -0.2) is 0 Å². The lowest BCUT2D eigenvalue weighted by Gasteiger charge is -2.17. The van der Waals surface area contributed by atoms with Gasteiger partial charge in [-0.3, -0.25) is 0 Å². The predicted octanol–water partition coefficient (Wildman–Crippen LogP) is 4.52. The fourth-order valence-corrected chi connectivity index (χ4v) is 3.78. The average molecular weight is 364 g/mol. The van der Waals surface area contributed by atoms with Gasteiger partial charge < -0.3 is 15.5 Å². The fourth-order valence-electron chi connectivity index (χ4n) is 3.78. The fraction of sp³-hybridized carbons (Fsp3) is 0.476. The number of hydrogen-bond donors (Lipinski definition) is 2. The van der Waals surface area contributed by atoms with E-state index in [2.05, 4.69) is 61.1 Å². The third-order valence-electron chi connectivity index (χ3n) is 5.29. The molecule has 142 valence electrons. The highest BCUT2D eigenvalue weighted by Gasteiger charge is 2.12. The van der Waals surface area contributed by atoms with Gasteiger partial charge in [0.05, 0.1) is 6.20 Å². The molecule has 6 heteroatoms. The zero-order chi connectivity index (χ0) is 18.3. The van der Waals surface area contributed by atoms with E-state index >= 15 is 0 Å². The summed E-state index contributed by atoms with van der Waals surface area (Å²) < 4.78 is 0.